The molecule has 0 bridgehead atoms. The van der Waals surface area contributed by atoms with Crippen molar-refractivity contribution in [2.24, 2.45) is 5.92 Å². The second-order valence-corrected chi connectivity index (χ2v) is 5.64. The van der Waals surface area contributed by atoms with Crippen LogP contribution in [0.5, 0.6) is 0 Å². The van der Waals surface area contributed by atoms with Gasteiger partial charge in [0.05, 0.1) is 0 Å². The Bertz CT molecular complexity index is 419. The van der Waals surface area contributed by atoms with Crippen LogP contribution in [-0.4, -0.2) is 23.9 Å². The van der Waals surface area contributed by atoms with Gasteiger partial charge in [-0.2, -0.15) is 0 Å². The van der Waals surface area contributed by atoms with Crippen molar-refractivity contribution >= 4 is 5.91 Å². The molecule has 2 heteroatoms. The van der Waals surface area contributed by atoms with E-state index in [0.29, 0.717) is 6.04 Å². The molecule has 1 aromatic rings. The lowest BCUT2D eigenvalue weighted by Gasteiger charge is -2.33. The molecular formula is C16H23NO. The molecule has 1 aliphatic rings. The van der Waals surface area contributed by atoms with E-state index in [0.717, 1.165) is 29.9 Å². The van der Waals surface area contributed by atoms with Gasteiger partial charge in [0, 0.05) is 18.7 Å². The highest BCUT2D eigenvalue weighted by atomic mass is 16.2. The molecule has 0 saturated heterocycles. The van der Waals surface area contributed by atoms with Gasteiger partial charge >= 0.3 is 0 Å². The molecule has 0 aliphatic heterocycles. The first-order valence-corrected chi connectivity index (χ1v) is 6.92. The number of nitrogens with zero attached hydrogens (tertiary/aromatic N) is 1. The van der Waals surface area contributed by atoms with Gasteiger partial charge in [-0.3, -0.25) is 4.79 Å². The molecule has 1 aliphatic carbocycles. The molecule has 0 heterocycles. The number of benzene rings is 1. The summed E-state index contributed by atoms with van der Waals surface area (Å²) in [6, 6.07) is 8.28. The summed E-state index contributed by atoms with van der Waals surface area (Å²) < 4.78 is 0. The Hall–Kier alpha value is -1.31. The first-order chi connectivity index (χ1) is 8.59. The van der Waals surface area contributed by atoms with E-state index in [1.165, 1.54) is 12.8 Å². The van der Waals surface area contributed by atoms with Gasteiger partial charge in [0.2, 0.25) is 0 Å². The van der Waals surface area contributed by atoms with E-state index in [2.05, 4.69) is 6.92 Å². The van der Waals surface area contributed by atoms with Crippen LogP contribution in [0.3, 0.4) is 0 Å². The Kier molecular flexibility index (Phi) is 4.05. The van der Waals surface area contributed by atoms with Gasteiger partial charge < -0.3 is 4.90 Å². The van der Waals surface area contributed by atoms with Crippen LogP contribution in [0.15, 0.2) is 24.3 Å². The highest BCUT2D eigenvalue weighted by Gasteiger charge is 2.25. The summed E-state index contributed by atoms with van der Waals surface area (Å²) in [7, 11) is 1.95. The third-order valence-corrected chi connectivity index (χ3v) is 4.23. The van der Waals surface area contributed by atoms with Crippen molar-refractivity contribution in [3.05, 3.63) is 35.4 Å². The smallest absolute Gasteiger partial charge is 0.254 e. The first kappa shape index (κ1) is 13.1. The summed E-state index contributed by atoms with van der Waals surface area (Å²) in [6.45, 7) is 4.31. The summed E-state index contributed by atoms with van der Waals surface area (Å²) in [5.74, 6) is 0.996. The van der Waals surface area contributed by atoms with Gasteiger partial charge in [-0.1, -0.05) is 25.1 Å². The van der Waals surface area contributed by atoms with Crippen molar-refractivity contribution in [2.45, 2.75) is 45.6 Å². The molecule has 98 valence electrons. The van der Waals surface area contributed by atoms with Crippen LogP contribution in [0, 0.1) is 12.8 Å². The van der Waals surface area contributed by atoms with Crippen LogP contribution in [-0.2, 0) is 0 Å². The lowest BCUT2D eigenvalue weighted by Crippen LogP contribution is -2.39. The minimum Gasteiger partial charge on any atom is -0.339 e. The van der Waals surface area contributed by atoms with Gasteiger partial charge in [0.25, 0.3) is 5.91 Å². The number of hydrogen-bond donors (Lipinski definition) is 0. The molecule has 2 nitrogen and oxygen atoms in total. The summed E-state index contributed by atoms with van der Waals surface area (Å²) >= 11 is 0. The molecule has 0 radical (unpaired) electrons. The highest BCUT2D eigenvalue weighted by Crippen LogP contribution is 2.27. The van der Waals surface area contributed by atoms with Gasteiger partial charge in [-0.25, -0.2) is 0 Å². The number of aryl methyl sites for hydroxylation is 1. The maximum Gasteiger partial charge on any atom is 0.254 e. The third kappa shape index (κ3) is 2.74. The van der Waals surface area contributed by atoms with Gasteiger partial charge in [0.15, 0.2) is 0 Å². The second-order valence-electron chi connectivity index (χ2n) is 5.64. The maximum absolute atomic E-state index is 12.5. The normalized spacial score (nSPS) is 23.7. The fourth-order valence-corrected chi connectivity index (χ4v) is 2.80. The van der Waals surface area contributed by atoms with Crippen LogP contribution < -0.4 is 0 Å². The zero-order chi connectivity index (χ0) is 13.1. The minimum atomic E-state index is 0.174. The fourth-order valence-electron chi connectivity index (χ4n) is 2.80. The molecule has 1 fully saturated rings. The predicted molar refractivity (Wildman–Crippen MR) is 74.7 cm³/mol. The molecule has 0 N–H and O–H groups in total. The number of hydrogen-bond acceptors (Lipinski definition) is 1. The van der Waals surface area contributed by atoms with Crippen LogP contribution >= 0.6 is 0 Å². The molecule has 0 spiro atoms. The number of rotatable bonds is 2. The van der Waals surface area contributed by atoms with Gasteiger partial charge in [-0.15, -0.1) is 0 Å². The van der Waals surface area contributed by atoms with Crippen molar-refractivity contribution < 1.29 is 4.79 Å². The van der Waals surface area contributed by atoms with Gasteiger partial charge in [-0.05, 0) is 50.2 Å². The Morgan fingerprint density at radius 1 is 1.17 bits per heavy atom. The van der Waals surface area contributed by atoms with Crippen LogP contribution in [0.4, 0.5) is 0 Å². The Morgan fingerprint density at radius 3 is 2.39 bits per heavy atom. The Balaban J connectivity index is 2.07. The standard InChI is InChI=1S/C16H23NO/c1-12-8-10-14(11-9-12)17(3)16(18)15-7-5-4-6-13(15)2/h4-7,12,14H,8-11H2,1-3H3. The molecular weight excluding hydrogens is 222 g/mol. The largest absolute Gasteiger partial charge is 0.339 e. The summed E-state index contributed by atoms with van der Waals surface area (Å²) in [6.07, 6.45) is 4.79. The lowest BCUT2D eigenvalue weighted by atomic mass is 9.86. The second kappa shape index (κ2) is 5.55. The van der Waals surface area contributed by atoms with Crippen LogP contribution in [0.1, 0.15) is 48.5 Å². The summed E-state index contributed by atoms with van der Waals surface area (Å²) in [5.41, 5.74) is 1.91. The average Bonchev–Trinajstić information content (AvgIpc) is 2.38. The zero-order valence-electron chi connectivity index (χ0n) is 11.6. The van der Waals surface area contributed by atoms with Crippen molar-refractivity contribution in [3.63, 3.8) is 0 Å². The van der Waals surface area contributed by atoms with E-state index in [9.17, 15) is 4.79 Å². The fraction of sp³-hybridized carbons (Fsp3) is 0.562. The van der Waals surface area contributed by atoms with Crippen molar-refractivity contribution in [1.29, 1.82) is 0 Å². The maximum atomic E-state index is 12.5. The van der Waals surface area contributed by atoms with E-state index < -0.39 is 0 Å². The third-order valence-electron chi connectivity index (χ3n) is 4.23. The van der Waals surface area contributed by atoms with Crippen LogP contribution in [0.2, 0.25) is 0 Å². The highest BCUT2D eigenvalue weighted by molar-refractivity contribution is 5.95. The van der Waals surface area contributed by atoms with Crippen LogP contribution in [0.25, 0.3) is 0 Å². The molecule has 1 saturated carbocycles. The van der Waals surface area contributed by atoms with E-state index in [-0.39, 0.29) is 5.91 Å². The number of carbonyl (C=O) groups excluding carboxylic acids is 1. The van der Waals surface area contributed by atoms with Crippen molar-refractivity contribution in [2.75, 3.05) is 7.05 Å². The SMILES string of the molecule is Cc1ccccc1C(=O)N(C)C1CCC(C)CC1. The Labute approximate surface area is 110 Å². The van der Waals surface area contributed by atoms with Crippen molar-refractivity contribution in [3.8, 4) is 0 Å². The number of carbonyl (C=O) groups is 1. The Morgan fingerprint density at radius 2 is 1.78 bits per heavy atom. The quantitative estimate of drug-likeness (QED) is 0.779. The molecule has 1 amide bonds. The molecule has 2 rings (SSSR count). The summed E-state index contributed by atoms with van der Waals surface area (Å²) in [5, 5.41) is 0. The molecule has 1 aromatic carbocycles. The predicted octanol–water partition coefficient (Wildman–Crippen LogP) is 3.65. The van der Waals surface area contributed by atoms with Crippen molar-refractivity contribution in [1.82, 2.24) is 4.90 Å². The average molecular weight is 245 g/mol. The summed E-state index contributed by atoms with van der Waals surface area (Å²) in [4.78, 5) is 14.4. The molecule has 18 heavy (non-hydrogen) atoms. The minimum absolute atomic E-state index is 0.174. The zero-order valence-corrected chi connectivity index (χ0v) is 11.6. The number of amides is 1. The molecule has 0 atom stereocenters. The molecule has 0 unspecified atom stereocenters. The van der Waals surface area contributed by atoms with Gasteiger partial charge in [0.1, 0.15) is 0 Å². The topological polar surface area (TPSA) is 20.3 Å². The van der Waals surface area contributed by atoms with E-state index in [4.69, 9.17) is 0 Å². The lowest BCUT2D eigenvalue weighted by molar-refractivity contribution is 0.0679. The van der Waals surface area contributed by atoms with E-state index in [1.807, 2.05) is 43.1 Å². The molecule has 0 aromatic heterocycles. The van der Waals surface area contributed by atoms with E-state index >= 15 is 0 Å². The monoisotopic (exact) mass is 245 g/mol. The first-order valence-electron chi connectivity index (χ1n) is 6.92. The van der Waals surface area contributed by atoms with E-state index in [1.54, 1.807) is 0 Å².